The lowest BCUT2D eigenvalue weighted by Crippen LogP contribution is -2.62. The number of nitrogens with zero attached hydrogens (tertiary/aromatic N) is 2. The first-order chi connectivity index (χ1) is 5.78. The van der Waals surface area contributed by atoms with E-state index >= 15 is 0 Å². The molecule has 1 amide bonds. The van der Waals surface area contributed by atoms with Gasteiger partial charge in [-0.05, 0) is 0 Å². The summed E-state index contributed by atoms with van der Waals surface area (Å²) in [6.07, 6.45) is -4.82. The van der Waals surface area contributed by atoms with Gasteiger partial charge in [-0.3, -0.25) is 4.79 Å². The summed E-state index contributed by atoms with van der Waals surface area (Å²) in [7, 11) is 0. The van der Waals surface area contributed by atoms with Crippen LogP contribution in [-0.2, 0) is 4.79 Å². The highest BCUT2D eigenvalue weighted by molar-refractivity contribution is 5.83. The van der Waals surface area contributed by atoms with E-state index in [1.54, 1.807) is 0 Å². The topological polar surface area (TPSA) is 24.7 Å². The third-order valence-electron chi connectivity index (χ3n) is 1.86. The maximum Gasteiger partial charge on any atom is 0.471 e. The molecule has 1 saturated heterocycles. The molecule has 1 aliphatic rings. The standard InChI is InChI=1S/C7H7F3N2O/c1-6(11-2)3-12(4-6)5(13)7(8,9)10/h3-4H2,1H3. The molecule has 0 N–H and O–H groups in total. The monoisotopic (exact) mass is 192 g/mol. The van der Waals surface area contributed by atoms with Gasteiger partial charge < -0.3 is 9.74 Å². The smallest absolute Gasteiger partial charge is 0.318 e. The van der Waals surface area contributed by atoms with Crippen molar-refractivity contribution in [3.05, 3.63) is 11.4 Å². The fraction of sp³-hybridized carbons (Fsp3) is 0.714. The molecular weight excluding hydrogens is 185 g/mol. The Morgan fingerprint density at radius 3 is 2.31 bits per heavy atom. The number of carbonyl (C=O) groups is 1. The summed E-state index contributed by atoms with van der Waals surface area (Å²) >= 11 is 0. The summed E-state index contributed by atoms with van der Waals surface area (Å²) in [5.74, 6) is -1.85. The normalized spacial score (nSPS) is 20.4. The summed E-state index contributed by atoms with van der Waals surface area (Å²) in [4.78, 5) is 14.3. The predicted molar refractivity (Wildman–Crippen MR) is 37.6 cm³/mol. The zero-order valence-corrected chi connectivity index (χ0v) is 6.85. The number of likely N-dealkylation sites (tertiary alicyclic amines) is 1. The van der Waals surface area contributed by atoms with Gasteiger partial charge in [-0.2, -0.15) is 13.2 Å². The Morgan fingerprint density at radius 2 is 2.00 bits per heavy atom. The molecule has 1 fully saturated rings. The Kier molecular flexibility index (Phi) is 1.98. The molecule has 0 radical (unpaired) electrons. The zero-order chi connectivity index (χ0) is 10.3. The summed E-state index contributed by atoms with van der Waals surface area (Å²) in [5.41, 5.74) is -0.819. The summed E-state index contributed by atoms with van der Waals surface area (Å²) in [6, 6.07) is 0. The van der Waals surface area contributed by atoms with Crippen LogP contribution in [0.1, 0.15) is 6.92 Å². The molecule has 13 heavy (non-hydrogen) atoms. The van der Waals surface area contributed by atoms with Gasteiger partial charge in [0.2, 0.25) is 0 Å². The van der Waals surface area contributed by atoms with Gasteiger partial charge in [0.1, 0.15) is 13.1 Å². The van der Waals surface area contributed by atoms with Crippen LogP contribution in [0.2, 0.25) is 0 Å². The summed E-state index contributed by atoms with van der Waals surface area (Å²) in [6.45, 7) is 7.92. The lowest BCUT2D eigenvalue weighted by molar-refractivity contribution is -0.191. The number of rotatable bonds is 0. The maximum absolute atomic E-state index is 11.8. The average molecular weight is 192 g/mol. The lowest BCUT2D eigenvalue weighted by Gasteiger charge is -2.38. The van der Waals surface area contributed by atoms with Gasteiger partial charge in [0.15, 0.2) is 0 Å². The highest BCUT2D eigenvalue weighted by Crippen LogP contribution is 2.29. The van der Waals surface area contributed by atoms with Crippen LogP contribution < -0.4 is 0 Å². The van der Waals surface area contributed by atoms with Crippen molar-refractivity contribution in [3.63, 3.8) is 0 Å². The molecule has 0 aromatic carbocycles. The number of halogens is 3. The van der Waals surface area contributed by atoms with Crippen LogP contribution in [0.5, 0.6) is 0 Å². The molecule has 0 aliphatic carbocycles. The molecule has 0 saturated carbocycles. The third kappa shape index (κ3) is 1.74. The van der Waals surface area contributed by atoms with Crippen LogP contribution in [0.4, 0.5) is 13.2 Å². The Morgan fingerprint density at radius 1 is 1.54 bits per heavy atom. The van der Waals surface area contributed by atoms with Crippen molar-refractivity contribution in [2.75, 3.05) is 13.1 Å². The quantitative estimate of drug-likeness (QED) is 0.527. The van der Waals surface area contributed by atoms with Crippen LogP contribution in [0.25, 0.3) is 4.85 Å². The zero-order valence-electron chi connectivity index (χ0n) is 6.85. The largest absolute Gasteiger partial charge is 0.471 e. The molecule has 72 valence electrons. The van der Waals surface area contributed by atoms with Gasteiger partial charge in [0.05, 0.1) is 0 Å². The molecule has 0 aromatic heterocycles. The molecule has 6 heteroatoms. The number of hydrogen-bond donors (Lipinski definition) is 0. The molecule has 1 rings (SSSR count). The summed E-state index contributed by atoms with van der Waals surface area (Å²) < 4.78 is 35.4. The van der Waals surface area contributed by atoms with Crippen LogP contribution in [0.15, 0.2) is 0 Å². The SMILES string of the molecule is [C-]#[N+]C1(C)CN(C(=O)C(F)(F)F)C1. The fourth-order valence-corrected chi connectivity index (χ4v) is 1.17. The Labute approximate surface area is 72.9 Å². The second kappa shape index (κ2) is 2.62. The molecule has 0 unspecified atom stereocenters. The molecule has 1 heterocycles. The second-order valence-electron chi connectivity index (χ2n) is 3.27. The second-order valence-corrected chi connectivity index (χ2v) is 3.27. The van der Waals surface area contributed by atoms with Gasteiger partial charge in [-0.15, -0.1) is 0 Å². The minimum absolute atomic E-state index is 0.130. The van der Waals surface area contributed by atoms with Crippen LogP contribution in [-0.4, -0.2) is 35.6 Å². The first-order valence-electron chi connectivity index (χ1n) is 3.53. The van der Waals surface area contributed by atoms with Gasteiger partial charge in [-0.1, -0.05) is 0 Å². The molecule has 0 aromatic rings. The Bertz CT molecular complexity index is 272. The van der Waals surface area contributed by atoms with Crippen molar-refractivity contribution >= 4 is 5.91 Å². The van der Waals surface area contributed by atoms with Crippen LogP contribution >= 0.6 is 0 Å². The molecule has 3 nitrogen and oxygen atoms in total. The van der Waals surface area contributed by atoms with Crippen molar-refractivity contribution < 1.29 is 18.0 Å². The molecule has 1 aliphatic heterocycles. The van der Waals surface area contributed by atoms with Crippen molar-refractivity contribution in [1.29, 1.82) is 0 Å². The van der Waals surface area contributed by atoms with E-state index in [-0.39, 0.29) is 13.1 Å². The van der Waals surface area contributed by atoms with E-state index < -0.39 is 17.6 Å². The van der Waals surface area contributed by atoms with Crippen molar-refractivity contribution in [1.82, 2.24) is 4.90 Å². The molecule has 0 spiro atoms. The number of hydrogen-bond acceptors (Lipinski definition) is 1. The minimum Gasteiger partial charge on any atom is -0.318 e. The van der Waals surface area contributed by atoms with Crippen molar-refractivity contribution in [3.8, 4) is 0 Å². The van der Waals surface area contributed by atoms with E-state index in [0.29, 0.717) is 4.90 Å². The first-order valence-corrected chi connectivity index (χ1v) is 3.53. The average Bonchev–Trinajstić information content (AvgIpc) is 1.95. The molecular formula is C7H7F3N2O. The van der Waals surface area contributed by atoms with Crippen molar-refractivity contribution in [2.45, 2.75) is 18.6 Å². The maximum atomic E-state index is 11.8. The van der Waals surface area contributed by atoms with E-state index in [1.165, 1.54) is 6.92 Å². The lowest BCUT2D eigenvalue weighted by atomic mass is 9.93. The van der Waals surface area contributed by atoms with Crippen molar-refractivity contribution in [2.24, 2.45) is 0 Å². The van der Waals surface area contributed by atoms with Gasteiger partial charge in [0.25, 0.3) is 5.54 Å². The van der Waals surface area contributed by atoms with E-state index in [1.807, 2.05) is 0 Å². The summed E-state index contributed by atoms with van der Waals surface area (Å²) in [5, 5.41) is 0. The number of amides is 1. The van der Waals surface area contributed by atoms with E-state index in [2.05, 4.69) is 4.85 Å². The Balaban J connectivity index is 2.55. The van der Waals surface area contributed by atoms with Gasteiger partial charge >= 0.3 is 12.1 Å². The van der Waals surface area contributed by atoms with E-state index in [9.17, 15) is 18.0 Å². The predicted octanol–water partition coefficient (Wildman–Crippen LogP) is 1.07. The third-order valence-corrected chi connectivity index (χ3v) is 1.86. The molecule has 0 atom stereocenters. The number of alkyl halides is 3. The minimum atomic E-state index is -4.82. The highest BCUT2D eigenvalue weighted by atomic mass is 19.4. The van der Waals surface area contributed by atoms with Gasteiger partial charge in [-0.25, -0.2) is 6.57 Å². The first kappa shape index (κ1) is 9.84. The fourth-order valence-electron chi connectivity index (χ4n) is 1.17. The molecule has 0 bridgehead atoms. The highest BCUT2D eigenvalue weighted by Gasteiger charge is 2.54. The van der Waals surface area contributed by atoms with E-state index in [0.717, 1.165) is 0 Å². The van der Waals surface area contributed by atoms with Crippen LogP contribution in [0.3, 0.4) is 0 Å². The van der Waals surface area contributed by atoms with E-state index in [4.69, 9.17) is 6.57 Å². The van der Waals surface area contributed by atoms with Crippen LogP contribution in [0, 0.1) is 6.57 Å². The number of carbonyl (C=O) groups excluding carboxylic acids is 1. The van der Waals surface area contributed by atoms with Gasteiger partial charge in [0, 0.05) is 6.92 Å². The Hall–Kier alpha value is -1.25.